The minimum Gasteiger partial charge on any atom is -0.486 e. The van der Waals surface area contributed by atoms with E-state index in [1.165, 1.54) is 52.8 Å². The van der Waals surface area contributed by atoms with Crippen molar-refractivity contribution in [3.63, 3.8) is 0 Å². The standard InChI is InChI=1S/C22H20ClFN2O5S/c23-16-1-8-20(9-2-16)32(28,29)26-13-11-25(12-14-26)22(27)21-10-7-19(31-21)15-30-18-5-3-17(24)4-6-18/h1-10H,11-15H2. The first-order valence-electron chi connectivity index (χ1n) is 9.85. The summed E-state index contributed by atoms with van der Waals surface area (Å²) in [6.07, 6.45) is 0. The number of benzene rings is 2. The Morgan fingerprint density at radius 3 is 2.28 bits per heavy atom. The third kappa shape index (κ3) is 4.95. The summed E-state index contributed by atoms with van der Waals surface area (Å²) in [4.78, 5) is 14.5. The fourth-order valence-electron chi connectivity index (χ4n) is 3.30. The van der Waals surface area contributed by atoms with Crippen LogP contribution in [0.25, 0.3) is 0 Å². The third-order valence-corrected chi connectivity index (χ3v) is 7.21. The molecular formula is C22H20ClFN2O5S. The molecule has 2 heterocycles. The van der Waals surface area contributed by atoms with Gasteiger partial charge in [0.25, 0.3) is 5.91 Å². The zero-order valence-electron chi connectivity index (χ0n) is 16.9. The SMILES string of the molecule is O=C(c1ccc(COc2ccc(F)cc2)o1)N1CCN(S(=O)(=O)c2ccc(Cl)cc2)CC1. The molecule has 168 valence electrons. The van der Waals surface area contributed by atoms with Crippen LogP contribution in [0.4, 0.5) is 4.39 Å². The van der Waals surface area contributed by atoms with Crippen molar-refractivity contribution in [1.29, 1.82) is 0 Å². The average molecular weight is 479 g/mol. The number of sulfonamides is 1. The molecule has 10 heteroatoms. The Bertz CT molecular complexity index is 1190. The van der Waals surface area contributed by atoms with Crippen molar-refractivity contribution >= 4 is 27.5 Å². The predicted molar refractivity (Wildman–Crippen MR) is 116 cm³/mol. The van der Waals surface area contributed by atoms with E-state index in [1.54, 1.807) is 17.0 Å². The summed E-state index contributed by atoms with van der Waals surface area (Å²) in [5.74, 6) is 0.401. The highest BCUT2D eigenvalue weighted by molar-refractivity contribution is 7.89. The number of nitrogens with zero attached hydrogens (tertiary/aromatic N) is 2. The molecule has 7 nitrogen and oxygen atoms in total. The van der Waals surface area contributed by atoms with E-state index in [-0.39, 0.29) is 55.2 Å². The Kier molecular flexibility index (Phi) is 6.50. The molecule has 1 amide bonds. The van der Waals surface area contributed by atoms with E-state index in [0.717, 1.165) is 0 Å². The second kappa shape index (κ2) is 9.32. The molecule has 0 atom stereocenters. The Morgan fingerprint density at radius 1 is 0.969 bits per heavy atom. The Labute approximate surface area is 190 Å². The summed E-state index contributed by atoms with van der Waals surface area (Å²) in [5, 5.41) is 0.459. The molecule has 2 aromatic carbocycles. The fraction of sp³-hybridized carbons (Fsp3) is 0.227. The van der Waals surface area contributed by atoms with Crippen molar-refractivity contribution in [3.8, 4) is 5.75 Å². The number of amides is 1. The predicted octanol–water partition coefficient (Wildman–Crippen LogP) is 3.80. The molecule has 0 aliphatic carbocycles. The number of ether oxygens (including phenoxy) is 1. The smallest absolute Gasteiger partial charge is 0.289 e. The van der Waals surface area contributed by atoms with Gasteiger partial charge in [-0.2, -0.15) is 4.31 Å². The molecule has 4 rings (SSSR count). The molecular weight excluding hydrogens is 459 g/mol. The lowest BCUT2D eigenvalue weighted by molar-refractivity contribution is 0.0662. The number of hydrogen-bond acceptors (Lipinski definition) is 5. The first-order valence-corrected chi connectivity index (χ1v) is 11.7. The average Bonchev–Trinajstić information content (AvgIpc) is 3.28. The minimum atomic E-state index is -3.65. The van der Waals surface area contributed by atoms with Crippen LogP contribution >= 0.6 is 11.6 Å². The van der Waals surface area contributed by atoms with E-state index in [1.807, 2.05) is 0 Å². The van der Waals surface area contributed by atoms with Crippen LogP contribution in [-0.4, -0.2) is 49.7 Å². The number of hydrogen-bond donors (Lipinski definition) is 0. The summed E-state index contributed by atoms with van der Waals surface area (Å²) in [6, 6.07) is 14.8. The molecule has 1 fully saturated rings. The van der Waals surface area contributed by atoms with Crippen LogP contribution in [0.15, 0.2) is 70.0 Å². The second-order valence-electron chi connectivity index (χ2n) is 7.16. The van der Waals surface area contributed by atoms with Crippen LogP contribution in [0.1, 0.15) is 16.3 Å². The van der Waals surface area contributed by atoms with Crippen molar-refractivity contribution in [2.75, 3.05) is 26.2 Å². The van der Waals surface area contributed by atoms with Crippen molar-refractivity contribution in [2.45, 2.75) is 11.5 Å². The maximum Gasteiger partial charge on any atom is 0.289 e. The lowest BCUT2D eigenvalue weighted by atomic mass is 10.3. The van der Waals surface area contributed by atoms with Crippen molar-refractivity contribution < 1.29 is 26.8 Å². The molecule has 0 spiro atoms. The normalized spacial score (nSPS) is 15.0. The molecule has 1 aliphatic heterocycles. The van der Waals surface area contributed by atoms with Crippen molar-refractivity contribution in [2.24, 2.45) is 0 Å². The van der Waals surface area contributed by atoms with Gasteiger partial charge in [-0.25, -0.2) is 12.8 Å². The molecule has 0 unspecified atom stereocenters. The van der Waals surface area contributed by atoms with Gasteiger partial charge < -0.3 is 14.1 Å². The van der Waals surface area contributed by atoms with Gasteiger partial charge >= 0.3 is 0 Å². The highest BCUT2D eigenvalue weighted by atomic mass is 35.5. The highest BCUT2D eigenvalue weighted by Gasteiger charge is 2.31. The molecule has 0 saturated carbocycles. The molecule has 0 N–H and O–H groups in total. The topological polar surface area (TPSA) is 80.1 Å². The third-order valence-electron chi connectivity index (χ3n) is 5.04. The van der Waals surface area contributed by atoms with Crippen molar-refractivity contribution in [3.05, 3.63) is 83.0 Å². The van der Waals surface area contributed by atoms with Gasteiger partial charge in [0.15, 0.2) is 5.76 Å². The lowest BCUT2D eigenvalue weighted by Crippen LogP contribution is -2.50. The summed E-state index contributed by atoms with van der Waals surface area (Å²) < 4.78 is 51.0. The summed E-state index contributed by atoms with van der Waals surface area (Å²) in [5.41, 5.74) is 0. The molecule has 3 aromatic rings. The number of furan rings is 1. The van der Waals surface area contributed by atoms with Gasteiger partial charge in [-0.15, -0.1) is 0 Å². The van der Waals surface area contributed by atoms with Gasteiger partial charge in [-0.1, -0.05) is 11.6 Å². The summed E-state index contributed by atoms with van der Waals surface area (Å²) in [7, 11) is -3.65. The quantitative estimate of drug-likeness (QED) is 0.538. The van der Waals surface area contributed by atoms with E-state index >= 15 is 0 Å². The van der Waals surface area contributed by atoms with Crippen LogP contribution in [-0.2, 0) is 16.6 Å². The lowest BCUT2D eigenvalue weighted by Gasteiger charge is -2.33. The number of piperazine rings is 1. The molecule has 32 heavy (non-hydrogen) atoms. The zero-order chi connectivity index (χ0) is 22.7. The Morgan fingerprint density at radius 2 is 1.62 bits per heavy atom. The van der Waals surface area contributed by atoms with Crippen LogP contribution in [0, 0.1) is 5.82 Å². The number of rotatable bonds is 6. The van der Waals surface area contributed by atoms with Gasteiger partial charge in [-0.05, 0) is 60.7 Å². The molecule has 1 saturated heterocycles. The molecule has 0 bridgehead atoms. The Hall–Kier alpha value is -2.88. The molecule has 0 radical (unpaired) electrons. The first kappa shape index (κ1) is 22.3. The minimum absolute atomic E-state index is 0.0893. The summed E-state index contributed by atoms with van der Waals surface area (Å²) >= 11 is 5.84. The van der Waals surface area contributed by atoms with Gasteiger partial charge in [0.05, 0.1) is 4.90 Å². The van der Waals surface area contributed by atoms with Crippen LogP contribution in [0.2, 0.25) is 5.02 Å². The van der Waals surface area contributed by atoms with E-state index in [9.17, 15) is 17.6 Å². The van der Waals surface area contributed by atoms with Gasteiger partial charge in [0.1, 0.15) is 23.9 Å². The number of halogens is 2. The van der Waals surface area contributed by atoms with Crippen LogP contribution in [0.5, 0.6) is 5.75 Å². The molecule has 1 aromatic heterocycles. The van der Waals surface area contributed by atoms with E-state index in [4.69, 9.17) is 20.8 Å². The fourth-order valence-corrected chi connectivity index (χ4v) is 4.85. The first-order chi connectivity index (χ1) is 15.3. The number of carbonyl (C=O) groups is 1. The number of carbonyl (C=O) groups excluding carboxylic acids is 1. The van der Waals surface area contributed by atoms with E-state index < -0.39 is 10.0 Å². The Balaban J connectivity index is 1.33. The molecule has 1 aliphatic rings. The van der Waals surface area contributed by atoms with E-state index in [2.05, 4.69) is 0 Å². The second-order valence-corrected chi connectivity index (χ2v) is 9.53. The van der Waals surface area contributed by atoms with Gasteiger partial charge in [0, 0.05) is 31.2 Å². The maximum atomic E-state index is 13.0. The van der Waals surface area contributed by atoms with Gasteiger partial charge in [0.2, 0.25) is 10.0 Å². The monoisotopic (exact) mass is 478 g/mol. The van der Waals surface area contributed by atoms with Gasteiger partial charge in [-0.3, -0.25) is 4.79 Å². The van der Waals surface area contributed by atoms with Crippen molar-refractivity contribution in [1.82, 2.24) is 9.21 Å². The van der Waals surface area contributed by atoms with E-state index in [0.29, 0.717) is 16.5 Å². The highest BCUT2D eigenvalue weighted by Crippen LogP contribution is 2.21. The largest absolute Gasteiger partial charge is 0.486 e. The van der Waals surface area contributed by atoms with Crippen LogP contribution in [0.3, 0.4) is 0 Å². The maximum absolute atomic E-state index is 13.0. The zero-order valence-corrected chi connectivity index (χ0v) is 18.5. The van der Waals surface area contributed by atoms with Crippen LogP contribution < -0.4 is 4.74 Å². The summed E-state index contributed by atoms with van der Waals surface area (Å²) in [6.45, 7) is 0.934.